The number of rotatable bonds is 4. The molecule has 2 aromatic heterocycles. The van der Waals surface area contributed by atoms with Crippen LogP contribution in [0.3, 0.4) is 0 Å². The number of fused-ring (bicyclic) bond motifs is 1. The highest BCUT2D eigenvalue weighted by Crippen LogP contribution is 2.32. The van der Waals surface area contributed by atoms with Gasteiger partial charge in [0.2, 0.25) is 0 Å². The summed E-state index contributed by atoms with van der Waals surface area (Å²) in [6, 6.07) is 13.0. The number of pyridine rings is 1. The van der Waals surface area contributed by atoms with E-state index in [4.69, 9.17) is 0 Å². The molecule has 1 unspecified atom stereocenters. The molecule has 0 saturated heterocycles. The first-order chi connectivity index (χ1) is 9.81. The third-order valence-electron chi connectivity index (χ3n) is 3.55. The van der Waals surface area contributed by atoms with E-state index in [-0.39, 0.29) is 6.04 Å². The zero-order chi connectivity index (χ0) is 13.9. The lowest BCUT2D eigenvalue weighted by molar-refractivity contribution is 0.616. The minimum atomic E-state index is 0.156. The second-order valence-electron chi connectivity index (χ2n) is 4.88. The maximum absolute atomic E-state index is 4.61. The van der Waals surface area contributed by atoms with Gasteiger partial charge in [0.1, 0.15) is 0 Å². The molecule has 3 rings (SSSR count). The number of hydrogen-bond donors (Lipinski definition) is 1. The molecule has 0 aliphatic carbocycles. The van der Waals surface area contributed by atoms with Crippen molar-refractivity contribution >= 4 is 21.4 Å². The van der Waals surface area contributed by atoms with Crippen molar-refractivity contribution in [3.05, 3.63) is 64.8 Å². The molecule has 2 heterocycles. The summed E-state index contributed by atoms with van der Waals surface area (Å²) < 4.78 is 1.35. The van der Waals surface area contributed by atoms with Gasteiger partial charge in [-0.15, -0.1) is 11.3 Å². The molecule has 20 heavy (non-hydrogen) atoms. The van der Waals surface area contributed by atoms with E-state index in [2.05, 4.69) is 59.9 Å². The van der Waals surface area contributed by atoms with Crippen molar-refractivity contribution < 1.29 is 0 Å². The molecule has 1 atom stereocenters. The average molecular weight is 282 g/mol. The highest BCUT2D eigenvalue weighted by atomic mass is 32.1. The Balaban J connectivity index is 2.16. The van der Waals surface area contributed by atoms with Gasteiger partial charge in [0, 0.05) is 10.9 Å². The molecule has 0 aliphatic rings. The molecule has 1 aromatic carbocycles. The van der Waals surface area contributed by atoms with Crippen LogP contribution in [-0.2, 0) is 0 Å². The Labute approximate surface area is 123 Å². The molecular formula is C17H18N2S. The number of hydrogen-bond acceptors (Lipinski definition) is 3. The minimum absolute atomic E-state index is 0.156. The average Bonchev–Trinajstić information content (AvgIpc) is 2.94. The van der Waals surface area contributed by atoms with Crippen molar-refractivity contribution in [1.29, 1.82) is 0 Å². The van der Waals surface area contributed by atoms with Crippen molar-refractivity contribution in [2.45, 2.75) is 19.9 Å². The first-order valence-corrected chi connectivity index (χ1v) is 7.80. The van der Waals surface area contributed by atoms with Crippen molar-refractivity contribution in [1.82, 2.24) is 10.3 Å². The largest absolute Gasteiger partial charge is 0.305 e. The maximum atomic E-state index is 4.61. The van der Waals surface area contributed by atoms with Crippen LogP contribution in [0.2, 0.25) is 0 Å². The Morgan fingerprint density at radius 2 is 2.10 bits per heavy atom. The summed E-state index contributed by atoms with van der Waals surface area (Å²) in [5.74, 6) is 0. The van der Waals surface area contributed by atoms with E-state index < -0.39 is 0 Å². The molecule has 0 radical (unpaired) electrons. The summed E-state index contributed by atoms with van der Waals surface area (Å²) in [4.78, 5) is 4.61. The van der Waals surface area contributed by atoms with Gasteiger partial charge in [0.15, 0.2) is 0 Å². The topological polar surface area (TPSA) is 24.9 Å². The van der Waals surface area contributed by atoms with Crippen molar-refractivity contribution in [2.75, 3.05) is 6.54 Å². The summed E-state index contributed by atoms with van der Waals surface area (Å²) in [6.45, 7) is 5.18. The van der Waals surface area contributed by atoms with E-state index in [9.17, 15) is 0 Å². The number of thiophene rings is 1. The molecule has 0 fully saturated rings. The van der Waals surface area contributed by atoms with Crippen LogP contribution in [0.1, 0.15) is 29.8 Å². The Morgan fingerprint density at radius 1 is 1.20 bits per heavy atom. The van der Waals surface area contributed by atoms with Crippen LogP contribution in [0, 0.1) is 6.92 Å². The Kier molecular flexibility index (Phi) is 3.81. The zero-order valence-electron chi connectivity index (χ0n) is 11.8. The Hall–Kier alpha value is -1.71. The molecule has 1 N–H and O–H groups in total. The monoisotopic (exact) mass is 282 g/mol. The van der Waals surface area contributed by atoms with Crippen LogP contribution in [0.4, 0.5) is 0 Å². The number of nitrogens with zero attached hydrogens (tertiary/aromatic N) is 1. The molecule has 0 saturated carbocycles. The number of aromatic nitrogens is 1. The standard InChI is InChI=1S/C17H18N2S/c1-3-18-16(15-12(2)6-5-10-19-15)14-8-4-7-13-9-11-20-17(13)14/h4-11,16,18H,3H2,1-2H3. The number of aryl methyl sites for hydroxylation is 1. The van der Waals surface area contributed by atoms with Gasteiger partial charge >= 0.3 is 0 Å². The fourth-order valence-electron chi connectivity index (χ4n) is 2.60. The SMILES string of the molecule is CCNC(c1ncccc1C)c1cccc2ccsc12. The van der Waals surface area contributed by atoms with E-state index >= 15 is 0 Å². The van der Waals surface area contributed by atoms with Gasteiger partial charge in [-0.25, -0.2) is 0 Å². The Morgan fingerprint density at radius 3 is 2.90 bits per heavy atom. The van der Waals surface area contributed by atoms with Crippen molar-refractivity contribution in [3.8, 4) is 0 Å². The maximum Gasteiger partial charge on any atom is 0.0767 e. The molecule has 0 amide bonds. The molecular weight excluding hydrogens is 264 g/mol. The normalized spacial score (nSPS) is 12.7. The van der Waals surface area contributed by atoms with Crippen LogP contribution in [0.15, 0.2) is 48.0 Å². The quantitative estimate of drug-likeness (QED) is 0.771. The van der Waals surface area contributed by atoms with Crippen LogP contribution in [-0.4, -0.2) is 11.5 Å². The molecule has 3 aromatic rings. The lowest BCUT2D eigenvalue weighted by Crippen LogP contribution is -2.23. The molecule has 0 spiro atoms. The predicted molar refractivity (Wildman–Crippen MR) is 86.3 cm³/mol. The fourth-order valence-corrected chi connectivity index (χ4v) is 3.55. The summed E-state index contributed by atoms with van der Waals surface area (Å²) >= 11 is 1.80. The van der Waals surface area contributed by atoms with Gasteiger partial charge in [-0.3, -0.25) is 4.98 Å². The van der Waals surface area contributed by atoms with E-state index in [0.717, 1.165) is 12.2 Å². The van der Waals surface area contributed by atoms with Gasteiger partial charge in [0.25, 0.3) is 0 Å². The first-order valence-electron chi connectivity index (χ1n) is 6.92. The number of benzene rings is 1. The molecule has 102 valence electrons. The molecule has 0 aliphatic heterocycles. The summed E-state index contributed by atoms with van der Waals surface area (Å²) in [6.07, 6.45) is 1.88. The van der Waals surface area contributed by atoms with Gasteiger partial charge in [-0.05, 0) is 47.5 Å². The van der Waals surface area contributed by atoms with E-state index in [1.807, 2.05) is 12.3 Å². The molecule has 3 heteroatoms. The second-order valence-corrected chi connectivity index (χ2v) is 5.80. The lowest BCUT2D eigenvalue weighted by Gasteiger charge is -2.20. The van der Waals surface area contributed by atoms with Crippen LogP contribution >= 0.6 is 11.3 Å². The van der Waals surface area contributed by atoms with Crippen LogP contribution < -0.4 is 5.32 Å². The fraction of sp³-hybridized carbons (Fsp3) is 0.235. The van der Waals surface area contributed by atoms with Gasteiger partial charge in [0.05, 0.1) is 11.7 Å². The minimum Gasteiger partial charge on any atom is -0.305 e. The van der Waals surface area contributed by atoms with Crippen molar-refractivity contribution in [3.63, 3.8) is 0 Å². The van der Waals surface area contributed by atoms with Crippen LogP contribution in [0.5, 0.6) is 0 Å². The predicted octanol–water partition coefficient (Wildman–Crippen LogP) is 4.30. The molecule has 0 bridgehead atoms. The smallest absolute Gasteiger partial charge is 0.0767 e. The summed E-state index contributed by atoms with van der Waals surface area (Å²) in [5.41, 5.74) is 3.67. The Bertz CT molecular complexity index is 718. The van der Waals surface area contributed by atoms with E-state index in [1.54, 1.807) is 11.3 Å². The third kappa shape index (κ3) is 2.35. The van der Waals surface area contributed by atoms with Crippen molar-refractivity contribution in [2.24, 2.45) is 0 Å². The summed E-state index contributed by atoms with van der Waals surface area (Å²) in [5, 5.41) is 7.05. The first kappa shape index (κ1) is 13.3. The summed E-state index contributed by atoms with van der Waals surface area (Å²) in [7, 11) is 0. The highest BCUT2D eigenvalue weighted by molar-refractivity contribution is 7.17. The highest BCUT2D eigenvalue weighted by Gasteiger charge is 2.19. The van der Waals surface area contributed by atoms with E-state index in [1.165, 1.54) is 21.2 Å². The van der Waals surface area contributed by atoms with E-state index in [0.29, 0.717) is 0 Å². The molecule has 2 nitrogen and oxygen atoms in total. The van der Waals surface area contributed by atoms with Gasteiger partial charge < -0.3 is 5.32 Å². The number of nitrogens with one attached hydrogen (secondary N) is 1. The van der Waals surface area contributed by atoms with Crippen LogP contribution in [0.25, 0.3) is 10.1 Å². The second kappa shape index (κ2) is 5.73. The lowest BCUT2D eigenvalue weighted by atomic mass is 9.99. The van der Waals surface area contributed by atoms with Gasteiger partial charge in [-0.2, -0.15) is 0 Å². The van der Waals surface area contributed by atoms with Gasteiger partial charge in [-0.1, -0.05) is 31.2 Å². The third-order valence-corrected chi connectivity index (χ3v) is 4.53. The zero-order valence-corrected chi connectivity index (χ0v) is 12.6.